The Morgan fingerprint density at radius 1 is 1.31 bits per heavy atom. The highest BCUT2D eigenvalue weighted by Gasteiger charge is 2.06. The molecule has 0 aliphatic heterocycles. The molecule has 0 heterocycles. The Labute approximate surface area is 83.7 Å². The molecule has 1 rings (SSSR count). The van der Waals surface area contributed by atoms with Crippen molar-refractivity contribution in [3.05, 3.63) is 34.9 Å². The molecular weight excluding hydrogens is 184 g/mol. The van der Waals surface area contributed by atoms with E-state index in [2.05, 4.69) is 0 Å². The minimum atomic E-state index is 0.0825. The number of aryl methyl sites for hydroxylation is 2. The van der Waals surface area contributed by atoms with E-state index in [9.17, 15) is 4.79 Å². The molecule has 0 aliphatic rings. The summed E-state index contributed by atoms with van der Waals surface area (Å²) in [4.78, 5) is 11.2. The Kier molecular flexibility index (Phi) is 3.49. The third kappa shape index (κ3) is 2.56. The second kappa shape index (κ2) is 4.43. The number of alkyl halides is 1. The Balaban J connectivity index is 2.93. The van der Waals surface area contributed by atoms with E-state index in [0.29, 0.717) is 6.42 Å². The summed E-state index contributed by atoms with van der Waals surface area (Å²) in [6.07, 6.45) is 0.460. The number of benzene rings is 1. The van der Waals surface area contributed by atoms with E-state index < -0.39 is 0 Å². The first-order valence-electron chi connectivity index (χ1n) is 4.28. The van der Waals surface area contributed by atoms with Gasteiger partial charge in [-0.25, -0.2) is 0 Å². The highest BCUT2D eigenvalue weighted by molar-refractivity contribution is 6.27. The first-order valence-corrected chi connectivity index (χ1v) is 4.81. The third-order valence-electron chi connectivity index (χ3n) is 2.17. The van der Waals surface area contributed by atoms with Crippen molar-refractivity contribution in [2.45, 2.75) is 20.3 Å². The van der Waals surface area contributed by atoms with E-state index >= 15 is 0 Å². The fourth-order valence-electron chi connectivity index (χ4n) is 1.37. The number of hydrogen-bond acceptors (Lipinski definition) is 1. The van der Waals surface area contributed by atoms with Crippen molar-refractivity contribution in [1.29, 1.82) is 0 Å². The van der Waals surface area contributed by atoms with Crippen LogP contribution in [0, 0.1) is 13.8 Å². The molecule has 0 spiro atoms. The SMILES string of the molecule is Cc1cccc(C)c1CC(=O)CCl. The molecule has 0 saturated carbocycles. The molecule has 13 heavy (non-hydrogen) atoms. The quantitative estimate of drug-likeness (QED) is 0.680. The molecule has 0 unspecified atom stereocenters. The molecule has 1 aromatic carbocycles. The number of halogens is 1. The monoisotopic (exact) mass is 196 g/mol. The van der Waals surface area contributed by atoms with Gasteiger partial charge in [-0.05, 0) is 30.5 Å². The summed E-state index contributed by atoms with van der Waals surface area (Å²) < 4.78 is 0. The van der Waals surface area contributed by atoms with Gasteiger partial charge in [0.2, 0.25) is 0 Å². The molecular formula is C11H13ClO. The molecule has 0 radical (unpaired) electrons. The molecule has 0 fully saturated rings. The number of Topliss-reactive ketones (excluding diaryl/α,β-unsaturated/α-hetero) is 1. The van der Waals surface area contributed by atoms with E-state index in [4.69, 9.17) is 11.6 Å². The summed E-state index contributed by atoms with van der Waals surface area (Å²) in [5.74, 6) is 0.187. The lowest BCUT2D eigenvalue weighted by Crippen LogP contribution is -2.06. The predicted molar refractivity (Wildman–Crippen MR) is 55.3 cm³/mol. The van der Waals surface area contributed by atoms with Crippen molar-refractivity contribution in [2.75, 3.05) is 5.88 Å². The Morgan fingerprint density at radius 3 is 2.31 bits per heavy atom. The predicted octanol–water partition coefficient (Wildman–Crippen LogP) is 2.65. The maximum Gasteiger partial charge on any atom is 0.151 e. The maximum absolute atomic E-state index is 11.2. The van der Waals surface area contributed by atoms with E-state index in [1.54, 1.807) is 0 Å². The van der Waals surface area contributed by atoms with Crippen LogP contribution in [0.15, 0.2) is 18.2 Å². The minimum Gasteiger partial charge on any atom is -0.298 e. The van der Waals surface area contributed by atoms with Crippen LogP contribution in [-0.4, -0.2) is 11.7 Å². The van der Waals surface area contributed by atoms with Gasteiger partial charge < -0.3 is 0 Å². The zero-order chi connectivity index (χ0) is 9.84. The molecule has 2 heteroatoms. The van der Waals surface area contributed by atoms with Crippen molar-refractivity contribution in [1.82, 2.24) is 0 Å². The summed E-state index contributed by atoms with van der Waals surface area (Å²) >= 11 is 5.46. The van der Waals surface area contributed by atoms with Gasteiger partial charge in [0.1, 0.15) is 0 Å². The van der Waals surface area contributed by atoms with E-state index in [0.717, 1.165) is 5.56 Å². The van der Waals surface area contributed by atoms with Gasteiger partial charge >= 0.3 is 0 Å². The summed E-state index contributed by atoms with van der Waals surface area (Å²) in [7, 11) is 0. The lowest BCUT2D eigenvalue weighted by atomic mass is 9.99. The van der Waals surface area contributed by atoms with Crippen LogP contribution in [-0.2, 0) is 11.2 Å². The van der Waals surface area contributed by atoms with Crippen LogP contribution < -0.4 is 0 Å². The topological polar surface area (TPSA) is 17.1 Å². The Hall–Kier alpha value is -0.820. The minimum absolute atomic E-state index is 0.0825. The molecule has 0 saturated heterocycles. The fraction of sp³-hybridized carbons (Fsp3) is 0.364. The summed E-state index contributed by atoms with van der Waals surface area (Å²) in [5, 5.41) is 0. The number of hydrogen-bond donors (Lipinski definition) is 0. The second-order valence-corrected chi connectivity index (χ2v) is 3.49. The van der Waals surface area contributed by atoms with Gasteiger partial charge in [-0.1, -0.05) is 18.2 Å². The standard InChI is InChI=1S/C11H13ClO/c1-8-4-3-5-9(2)11(8)6-10(13)7-12/h3-5H,6-7H2,1-2H3. The first-order chi connectivity index (χ1) is 6.15. The average Bonchev–Trinajstić information content (AvgIpc) is 2.11. The van der Waals surface area contributed by atoms with Crippen LogP contribution >= 0.6 is 11.6 Å². The maximum atomic E-state index is 11.2. The first kappa shape index (κ1) is 10.3. The molecule has 0 amide bonds. The molecule has 1 nitrogen and oxygen atoms in total. The molecule has 0 bridgehead atoms. The fourth-order valence-corrected chi connectivity index (χ4v) is 1.47. The van der Waals surface area contributed by atoms with E-state index in [-0.39, 0.29) is 11.7 Å². The summed E-state index contributed by atoms with van der Waals surface area (Å²) in [6, 6.07) is 6.03. The van der Waals surface area contributed by atoms with Crippen LogP contribution in [0.1, 0.15) is 16.7 Å². The Bertz CT molecular complexity index is 298. The number of carbonyl (C=O) groups is 1. The zero-order valence-corrected chi connectivity index (χ0v) is 8.69. The van der Waals surface area contributed by atoms with Gasteiger partial charge in [-0.15, -0.1) is 11.6 Å². The highest BCUT2D eigenvalue weighted by atomic mass is 35.5. The van der Waals surface area contributed by atoms with Gasteiger partial charge in [-0.2, -0.15) is 0 Å². The highest BCUT2D eigenvalue weighted by Crippen LogP contribution is 2.14. The van der Waals surface area contributed by atoms with Crippen molar-refractivity contribution in [2.24, 2.45) is 0 Å². The van der Waals surface area contributed by atoms with E-state index in [1.807, 2.05) is 32.0 Å². The third-order valence-corrected chi connectivity index (χ3v) is 2.47. The molecule has 70 valence electrons. The molecule has 0 aromatic heterocycles. The molecule has 0 aliphatic carbocycles. The van der Waals surface area contributed by atoms with Gasteiger partial charge in [0.05, 0.1) is 5.88 Å². The number of rotatable bonds is 3. The smallest absolute Gasteiger partial charge is 0.151 e. The van der Waals surface area contributed by atoms with Crippen molar-refractivity contribution in [3.8, 4) is 0 Å². The number of carbonyl (C=O) groups excluding carboxylic acids is 1. The van der Waals surface area contributed by atoms with Crippen molar-refractivity contribution < 1.29 is 4.79 Å². The van der Waals surface area contributed by atoms with Crippen molar-refractivity contribution >= 4 is 17.4 Å². The summed E-state index contributed by atoms with van der Waals surface area (Å²) in [5.41, 5.74) is 3.45. The normalized spacial score (nSPS) is 10.1. The van der Waals surface area contributed by atoms with Crippen LogP contribution in [0.5, 0.6) is 0 Å². The Morgan fingerprint density at radius 2 is 1.85 bits per heavy atom. The summed E-state index contributed by atoms with van der Waals surface area (Å²) in [6.45, 7) is 4.04. The van der Waals surface area contributed by atoms with E-state index in [1.165, 1.54) is 11.1 Å². The average molecular weight is 197 g/mol. The van der Waals surface area contributed by atoms with Gasteiger partial charge in [0.15, 0.2) is 5.78 Å². The van der Waals surface area contributed by atoms with Crippen LogP contribution in [0.2, 0.25) is 0 Å². The zero-order valence-electron chi connectivity index (χ0n) is 7.93. The van der Waals surface area contributed by atoms with Crippen LogP contribution in [0.25, 0.3) is 0 Å². The molecule has 0 atom stereocenters. The lowest BCUT2D eigenvalue weighted by Gasteiger charge is -2.07. The van der Waals surface area contributed by atoms with Crippen LogP contribution in [0.3, 0.4) is 0 Å². The van der Waals surface area contributed by atoms with Crippen LogP contribution in [0.4, 0.5) is 0 Å². The number of ketones is 1. The second-order valence-electron chi connectivity index (χ2n) is 3.22. The molecule has 0 N–H and O–H groups in total. The molecule has 1 aromatic rings. The van der Waals surface area contributed by atoms with Gasteiger partial charge in [0, 0.05) is 6.42 Å². The van der Waals surface area contributed by atoms with Gasteiger partial charge in [-0.3, -0.25) is 4.79 Å². The lowest BCUT2D eigenvalue weighted by molar-refractivity contribution is -0.116. The largest absolute Gasteiger partial charge is 0.298 e. The van der Waals surface area contributed by atoms with Gasteiger partial charge in [0.25, 0.3) is 0 Å². The van der Waals surface area contributed by atoms with Crippen molar-refractivity contribution in [3.63, 3.8) is 0 Å².